The molecule has 0 saturated heterocycles. The molecule has 3 heteroatoms. The van der Waals surface area contributed by atoms with Crippen molar-refractivity contribution in [2.75, 3.05) is 5.32 Å². The Labute approximate surface area is 84.1 Å². The number of hydrogen-bond acceptors (Lipinski definition) is 2. The van der Waals surface area contributed by atoms with Gasteiger partial charge in [0.2, 0.25) is 6.41 Å². The Morgan fingerprint density at radius 2 is 2.14 bits per heavy atom. The molecule has 1 rings (SSSR count). The van der Waals surface area contributed by atoms with Crippen molar-refractivity contribution in [3.05, 3.63) is 23.8 Å². The lowest BCUT2D eigenvalue weighted by Crippen LogP contribution is -2.08. The standard InChI is InChI=1S/C11H15NO2/c1-8(2)14-10-6-4-5-9(3)11(10)12-7-13/h4-8H,1-3H3,(H,12,13). The second-order valence-corrected chi connectivity index (χ2v) is 3.38. The molecular weight excluding hydrogens is 178 g/mol. The van der Waals surface area contributed by atoms with Gasteiger partial charge in [0.1, 0.15) is 5.75 Å². The highest BCUT2D eigenvalue weighted by Crippen LogP contribution is 2.28. The molecule has 0 aromatic heterocycles. The van der Waals surface area contributed by atoms with Gasteiger partial charge in [0.25, 0.3) is 0 Å². The summed E-state index contributed by atoms with van der Waals surface area (Å²) in [7, 11) is 0. The van der Waals surface area contributed by atoms with E-state index in [-0.39, 0.29) is 6.10 Å². The van der Waals surface area contributed by atoms with Crippen LogP contribution in [0, 0.1) is 6.92 Å². The maximum atomic E-state index is 10.4. The first-order valence-corrected chi connectivity index (χ1v) is 4.61. The third kappa shape index (κ3) is 2.49. The fourth-order valence-electron chi connectivity index (χ4n) is 1.24. The van der Waals surface area contributed by atoms with Crippen LogP contribution in [0.3, 0.4) is 0 Å². The minimum absolute atomic E-state index is 0.101. The molecule has 0 aliphatic heterocycles. The molecule has 0 bridgehead atoms. The summed E-state index contributed by atoms with van der Waals surface area (Å²) in [6.45, 7) is 5.83. The monoisotopic (exact) mass is 193 g/mol. The minimum atomic E-state index is 0.101. The largest absolute Gasteiger partial charge is 0.489 e. The Kier molecular flexibility index (Phi) is 3.51. The van der Waals surface area contributed by atoms with Crippen LogP contribution in [0.4, 0.5) is 5.69 Å². The van der Waals surface area contributed by atoms with Crippen LogP contribution in [0.15, 0.2) is 18.2 Å². The first-order chi connectivity index (χ1) is 6.65. The Morgan fingerprint density at radius 1 is 1.43 bits per heavy atom. The van der Waals surface area contributed by atoms with Gasteiger partial charge in [0.15, 0.2) is 0 Å². The van der Waals surface area contributed by atoms with E-state index in [9.17, 15) is 4.79 Å². The van der Waals surface area contributed by atoms with Crippen LogP contribution in [0.1, 0.15) is 19.4 Å². The molecule has 0 unspecified atom stereocenters. The molecule has 0 aliphatic rings. The number of carbonyl (C=O) groups is 1. The Balaban J connectivity index is 3.00. The zero-order valence-electron chi connectivity index (χ0n) is 8.70. The molecule has 1 amide bonds. The van der Waals surface area contributed by atoms with Gasteiger partial charge in [-0.1, -0.05) is 12.1 Å². The van der Waals surface area contributed by atoms with Crippen LogP contribution in [0.25, 0.3) is 0 Å². The Hall–Kier alpha value is -1.51. The lowest BCUT2D eigenvalue weighted by atomic mass is 10.2. The van der Waals surface area contributed by atoms with Crippen molar-refractivity contribution in [2.45, 2.75) is 26.9 Å². The number of nitrogens with one attached hydrogen (secondary N) is 1. The second kappa shape index (κ2) is 4.65. The fraction of sp³-hybridized carbons (Fsp3) is 0.364. The van der Waals surface area contributed by atoms with Gasteiger partial charge >= 0.3 is 0 Å². The van der Waals surface area contributed by atoms with E-state index in [4.69, 9.17) is 4.74 Å². The quantitative estimate of drug-likeness (QED) is 0.745. The van der Waals surface area contributed by atoms with Crippen LogP contribution >= 0.6 is 0 Å². The zero-order chi connectivity index (χ0) is 10.6. The van der Waals surface area contributed by atoms with E-state index < -0.39 is 0 Å². The molecule has 0 aliphatic carbocycles. The highest BCUT2D eigenvalue weighted by molar-refractivity contribution is 5.77. The zero-order valence-corrected chi connectivity index (χ0v) is 8.70. The second-order valence-electron chi connectivity index (χ2n) is 3.38. The van der Waals surface area contributed by atoms with E-state index in [1.165, 1.54) is 0 Å². The molecule has 0 radical (unpaired) electrons. The number of para-hydroxylation sites is 1. The number of aryl methyl sites for hydroxylation is 1. The van der Waals surface area contributed by atoms with E-state index in [1.807, 2.05) is 39.0 Å². The van der Waals surface area contributed by atoms with Crippen molar-refractivity contribution in [3.63, 3.8) is 0 Å². The predicted octanol–water partition coefficient (Wildman–Crippen LogP) is 2.35. The number of rotatable bonds is 4. The molecule has 76 valence electrons. The summed E-state index contributed by atoms with van der Waals surface area (Å²) in [4.78, 5) is 10.4. The summed E-state index contributed by atoms with van der Waals surface area (Å²) in [5.41, 5.74) is 1.74. The highest BCUT2D eigenvalue weighted by atomic mass is 16.5. The van der Waals surface area contributed by atoms with Crippen molar-refractivity contribution in [1.29, 1.82) is 0 Å². The Morgan fingerprint density at radius 3 is 2.71 bits per heavy atom. The third-order valence-electron chi connectivity index (χ3n) is 1.80. The average Bonchev–Trinajstić information content (AvgIpc) is 2.10. The first kappa shape index (κ1) is 10.6. The lowest BCUT2D eigenvalue weighted by molar-refractivity contribution is -0.105. The molecule has 3 nitrogen and oxygen atoms in total. The van der Waals surface area contributed by atoms with E-state index in [2.05, 4.69) is 5.32 Å². The molecule has 1 aromatic rings. The Bertz CT molecular complexity index is 321. The van der Waals surface area contributed by atoms with Crippen LogP contribution in [0.5, 0.6) is 5.75 Å². The predicted molar refractivity (Wildman–Crippen MR) is 56.6 cm³/mol. The maximum absolute atomic E-state index is 10.4. The van der Waals surface area contributed by atoms with E-state index in [1.54, 1.807) is 0 Å². The van der Waals surface area contributed by atoms with Crippen molar-refractivity contribution in [1.82, 2.24) is 0 Å². The third-order valence-corrected chi connectivity index (χ3v) is 1.80. The molecule has 0 heterocycles. The van der Waals surface area contributed by atoms with Gasteiger partial charge in [-0.3, -0.25) is 4.79 Å². The molecule has 0 saturated carbocycles. The fourth-order valence-corrected chi connectivity index (χ4v) is 1.24. The summed E-state index contributed by atoms with van der Waals surface area (Å²) in [6.07, 6.45) is 0.763. The van der Waals surface area contributed by atoms with Crippen molar-refractivity contribution in [2.24, 2.45) is 0 Å². The number of benzene rings is 1. The topological polar surface area (TPSA) is 38.3 Å². The van der Waals surface area contributed by atoms with Crippen molar-refractivity contribution >= 4 is 12.1 Å². The summed E-state index contributed by atoms with van der Waals surface area (Å²) in [5.74, 6) is 0.715. The summed E-state index contributed by atoms with van der Waals surface area (Å²) in [6, 6.07) is 5.68. The summed E-state index contributed by atoms with van der Waals surface area (Å²) < 4.78 is 5.56. The molecule has 0 atom stereocenters. The van der Waals surface area contributed by atoms with E-state index in [0.29, 0.717) is 12.2 Å². The lowest BCUT2D eigenvalue weighted by Gasteiger charge is -2.14. The van der Waals surface area contributed by atoms with Crippen LogP contribution in [-0.2, 0) is 4.79 Å². The van der Waals surface area contributed by atoms with Gasteiger partial charge in [-0.2, -0.15) is 0 Å². The number of amides is 1. The van der Waals surface area contributed by atoms with Crippen LogP contribution < -0.4 is 10.1 Å². The molecule has 1 aromatic carbocycles. The van der Waals surface area contributed by atoms with Gasteiger partial charge in [-0.15, -0.1) is 0 Å². The number of ether oxygens (including phenoxy) is 1. The van der Waals surface area contributed by atoms with E-state index >= 15 is 0 Å². The highest BCUT2D eigenvalue weighted by Gasteiger charge is 2.06. The first-order valence-electron chi connectivity index (χ1n) is 4.61. The van der Waals surface area contributed by atoms with Gasteiger partial charge in [-0.05, 0) is 32.4 Å². The molecule has 0 spiro atoms. The molecule has 0 fully saturated rings. The maximum Gasteiger partial charge on any atom is 0.211 e. The molecule has 14 heavy (non-hydrogen) atoms. The van der Waals surface area contributed by atoms with Gasteiger partial charge in [0.05, 0.1) is 11.8 Å². The smallest absolute Gasteiger partial charge is 0.211 e. The van der Waals surface area contributed by atoms with Gasteiger partial charge in [-0.25, -0.2) is 0 Å². The molecule has 1 N–H and O–H groups in total. The van der Waals surface area contributed by atoms with Gasteiger partial charge < -0.3 is 10.1 Å². The molecular formula is C11H15NO2. The average molecular weight is 193 g/mol. The minimum Gasteiger partial charge on any atom is -0.489 e. The summed E-state index contributed by atoms with van der Waals surface area (Å²) in [5, 5.41) is 2.64. The van der Waals surface area contributed by atoms with E-state index in [0.717, 1.165) is 11.3 Å². The number of hydrogen-bond donors (Lipinski definition) is 1. The van der Waals surface area contributed by atoms with Crippen molar-refractivity contribution < 1.29 is 9.53 Å². The van der Waals surface area contributed by atoms with Gasteiger partial charge in [0, 0.05) is 0 Å². The van der Waals surface area contributed by atoms with Crippen molar-refractivity contribution in [3.8, 4) is 5.75 Å². The number of carbonyl (C=O) groups excluding carboxylic acids is 1. The number of anilines is 1. The van der Waals surface area contributed by atoms with Crippen LogP contribution in [-0.4, -0.2) is 12.5 Å². The summed E-state index contributed by atoms with van der Waals surface area (Å²) >= 11 is 0. The van der Waals surface area contributed by atoms with Crippen LogP contribution in [0.2, 0.25) is 0 Å². The SMILES string of the molecule is Cc1cccc(OC(C)C)c1NC=O. The normalized spacial score (nSPS) is 10.0.